The maximum Gasteiger partial charge on any atom is 0.366 e. The van der Waals surface area contributed by atoms with Gasteiger partial charge in [0.05, 0.1) is 32.5 Å². The second kappa shape index (κ2) is 22.3. The Morgan fingerprint density at radius 3 is 1.57 bits per heavy atom. The molecule has 19 nitrogen and oxygen atoms in total. The molecule has 2 heterocycles. The van der Waals surface area contributed by atoms with Gasteiger partial charge in [-0.2, -0.15) is 0 Å². The van der Waals surface area contributed by atoms with Gasteiger partial charge in [0.15, 0.2) is 0 Å². The smallest absolute Gasteiger partial charge is 0.366 e. The average Bonchev–Trinajstić information content (AvgIpc) is 3.13. The average molecular weight is 821 g/mol. The Balaban J connectivity index is 0.000000560. The first-order valence-corrected chi connectivity index (χ1v) is 19.3. The Bertz CT molecular complexity index is 1430. The molecule has 2 fully saturated rings. The quantitative estimate of drug-likeness (QED) is 0.0790. The third-order valence-corrected chi connectivity index (χ3v) is 11.7. The van der Waals surface area contributed by atoms with Crippen LogP contribution in [0.5, 0.6) is 0 Å². The van der Waals surface area contributed by atoms with Crippen molar-refractivity contribution in [3.63, 3.8) is 0 Å². The van der Waals surface area contributed by atoms with Gasteiger partial charge in [-0.1, -0.05) is 53.6 Å². The number of hydrogen-bond donors (Lipinski definition) is 2. The standard InChI is InChI=1S/C19H33NO7S.C17H27N3O8/c1-8-28-19(18(23)24-7)17(20)11(3)10(2)16(27-19)12(4)15(26-14(6)22)9-25-13(5)21;1-8-9(2)15(19-20-18)17(24,16(23)25-6)28-14(8)10(3)13(27-12(5)22)7-26-11(4)21/h10-12,15-17H,8-9,20H2,1-7H3;8-10,13-15,24H,7H2,1-6H3/t10-,11+,12-,15-,16?,17?,19?;8-,9+,10-,13-,14?,15?,17?/m11/s1. The Labute approximate surface area is 332 Å². The molecule has 0 saturated carbocycles. The summed E-state index contributed by atoms with van der Waals surface area (Å²) in [5, 5.41) is 14.4. The van der Waals surface area contributed by atoms with Gasteiger partial charge in [-0.15, -0.1) is 11.8 Å². The molecule has 6 unspecified atom stereocenters. The maximum absolute atomic E-state index is 12.7. The number of nitrogens with zero attached hydrogens (tertiary/aromatic N) is 3. The summed E-state index contributed by atoms with van der Waals surface area (Å²) in [5.41, 5.74) is 15.3. The highest BCUT2D eigenvalue weighted by molar-refractivity contribution is 8.01. The van der Waals surface area contributed by atoms with Gasteiger partial charge in [0.2, 0.25) is 4.93 Å². The fourth-order valence-corrected chi connectivity index (χ4v) is 8.20. The summed E-state index contributed by atoms with van der Waals surface area (Å²) in [5.74, 6) is -7.46. The first-order chi connectivity index (χ1) is 26.0. The minimum atomic E-state index is -2.51. The van der Waals surface area contributed by atoms with Gasteiger partial charge in [0.1, 0.15) is 31.5 Å². The minimum Gasteiger partial charge on any atom is -0.466 e. The molecule has 0 aromatic heterocycles. The number of azide groups is 1. The van der Waals surface area contributed by atoms with Gasteiger partial charge >= 0.3 is 35.8 Å². The highest BCUT2D eigenvalue weighted by atomic mass is 32.2. The first-order valence-electron chi connectivity index (χ1n) is 18.3. The van der Waals surface area contributed by atoms with E-state index in [1.165, 1.54) is 46.6 Å². The van der Waals surface area contributed by atoms with Gasteiger partial charge in [0, 0.05) is 44.4 Å². The lowest BCUT2D eigenvalue weighted by atomic mass is 9.74. The molecular weight excluding hydrogens is 760 g/mol. The molecule has 0 aromatic carbocycles. The highest BCUT2D eigenvalue weighted by Crippen LogP contribution is 2.46. The molecule has 0 aliphatic carbocycles. The normalized spacial score (nSPS) is 31.9. The second-order valence-corrected chi connectivity index (χ2v) is 15.6. The molecule has 2 aliphatic rings. The second-order valence-electron chi connectivity index (χ2n) is 14.2. The van der Waals surface area contributed by atoms with Gasteiger partial charge in [-0.05, 0) is 35.0 Å². The van der Waals surface area contributed by atoms with E-state index >= 15 is 0 Å². The number of ether oxygens (including phenoxy) is 8. The first kappa shape index (κ1) is 50.3. The van der Waals surface area contributed by atoms with Crippen LogP contribution in [0.25, 0.3) is 10.4 Å². The van der Waals surface area contributed by atoms with Gasteiger partial charge in [-0.25, -0.2) is 9.59 Å². The number of methoxy groups -OCH3 is 2. The van der Waals surface area contributed by atoms with Crippen molar-refractivity contribution in [2.24, 2.45) is 46.4 Å². The zero-order valence-corrected chi connectivity index (χ0v) is 35.4. The summed E-state index contributed by atoms with van der Waals surface area (Å²) >= 11 is 1.30. The van der Waals surface area contributed by atoms with Crippen molar-refractivity contribution in [2.45, 2.75) is 123 Å². The van der Waals surface area contributed by atoms with Crippen LogP contribution < -0.4 is 5.73 Å². The Kier molecular flexibility index (Phi) is 20.1. The molecule has 0 aromatic rings. The molecule has 56 heavy (non-hydrogen) atoms. The van der Waals surface area contributed by atoms with Gasteiger partial charge < -0.3 is 48.7 Å². The van der Waals surface area contributed by atoms with E-state index in [9.17, 15) is 33.9 Å². The number of esters is 6. The van der Waals surface area contributed by atoms with Gasteiger partial charge in [-0.3, -0.25) is 19.2 Å². The third kappa shape index (κ3) is 12.4. The van der Waals surface area contributed by atoms with Crippen LogP contribution in [0.4, 0.5) is 0 Å². The van der Waals surface area contributed by atoms with Crippen LogP contribution in [0.3, 0.4) is 0 Å². The maximum atomic E-state index is 12.7. The molecule has 14 atom stereocenters. The van der Waals surface area contributed by atoms with E-state index in [0.717, 1.165) is 7.11 Å². The molecule has 0 amide bonds. The van der Waals surface area contributed by atoms with E-state index in [1.807, 2.05) is 27.7 Å². The van der Waals surface area contributed by atoms with Crippen LogP contribution >= 0.6 is 11.8 Å². The predicted molar refractivity (Wildman–Crippen MR) is 200 cm³/mol. The molecule has 320 valence electrons. The van der Waals surface area contributed by atoms with Crippen LogP contribution in [0, 0.1) is 35.5 Å². The monoisotopic (exact) mass is 820 g/mol. The largest absolute Gasteiger partial charge is 0.466 e. The van der Waals surface area contributed by atoms with E-state index in [2.05, 4.69) is 14.8 Å². The van der Waals surface area contributed by atoms with E-state index in [4.69, 9.17) is 44.4 Å². The molecular formula is C36H60N4O15S. The lowest BCUT2D eigenvalue weighted by Gasteiger charge is -2.51. The lowest BCUT2D eigenvalue weighted by molar-refractivity contribution is -0.296. The molecule has 20 heteroatoms. The predicted octanol–water partition coefficient (Wildman–Crippen LogP) is 3.07. The summed E-state index contributed by atoms with van der Waals surface area (Å²) in [4.78, 5) is 71.7. The minimum absolute atomic E-state index is 0.0318. The van der Waals surface area contributed by atoms with Crippen molar-refractivity contribution in [3.8, 4) is 0 Å². The van der Waals surface area contributed by atoms with Crippen LogP contribution in [-0.4, -0.2) is 121 Å². The fraction of sp³-hybridized carbons (Fsp3) is 0.833. The summed E-state index contributed by atoms with van der Waals surface area (Å²) in [7, 11) is 2.38. The van der Waals surface area contributed by atoms with Gasteiger partial charge in [0.25, 0.3) is 5.79 Å². The van der Waals surface area contributed by atoms with Crippen molar-refractivity contribution in [2.75, 3.05) is 33.2 Å². The molecule has 0 spiro atoms. The zero-order chi connectivity index (χ0) is 43.3. The molecule has 0 bridgehead atoms. The summed E-state index contributed by atoms with van der Waals surface area (Å²) in [6, 6.07) is -1.78. The van der Waals surface area contributed by atoms with Crippen LogP contribution in [0.2, 0.25) is 0 Å². The Morgan fingerprint density at radius 2 is 1.20 bits per heavy atom. The van der Waals surface area contributed by atoms with Crippen LogP contribution in [0.15, 0.2) is 5.11 Å². The third-order valence-electron chi connectivity index (χ3n) is 10.5. The van der Waals surface area contributed by atoms with E-state index < -0.39 is 94.9 Å². The number of thioether (sulfide) groups is 1. The van der Waals surface area contributed by atoms with E-state index in [-0.39, 0.29) is 36.9 Å². The molecule has 2 saturated heterocycles. The summed E-state index contributed by atoms with van der Waals surface area (Å²) in [6.07, 6.45) is -2.85. The topological polar surface area (TPSA) is 271 Å². The number of nitrogens with two attached hydrogens (primary N) is 1. The van der Waals surface area contributed by atoms with Crippen molar-refractivity contribution in [1.82, 2.24) is 0 Å². The molecule has 2 aliphatic heterocycles. The number of carbonyl (C=O) groups excluding carboxylic acids is 6. The summed E-state index contributed by atoms with van der Waals surface area (Å²) in [6.45, 7) is 17.6. The summed E-state index contributed by atoms with van der Waals surface area (Å²) < 4.78 is 42.3. The van der Waals surface area contributed by atoms with Crippen LogP contribution in [-0.2, 0) is 66.7 Å². The van der Waals surface area contributed by atoms with E-state index in [0.29, 0.717) is 5.75 Å². The number of carbonyl (C=O) groups is 6. The zero-order valence-electron chi connectivity index (χ0n) is 34.5. The fourth-order valence-electron chi connectivity index (χ4n) is 6.98. The Hall–Kier alpha value is -3.68. The highest BCUT2D eigenvalue weighted by Gasteiger charge is 2.59. The number of rotatable bonds is 15. The van der Waals surface area contributed by atoms with Crippen LogP contribution in [0.1, 0.15) is 76.2 Å². The molecule has 0 radical (unpaired) electrons. The van der Waals surface area contributed by atoms with Crippen molar-refractivity contribution >= 4 is 47.6 Å². The number of hydrogen-bond acceptors (Lipinski definition) is 18. The SMILES string of the molecule is CCSC1(C(=O)OC)OC([C@H](C)[C@@H](COC(C)=O)OC(C)=O)[C@H](C)[C@H](C)C1N.COC(=O)C1(O)OC([C@H](C)[C@@H](COC(C)=O)OC(C)=O)[C@H](C)[C@H](C)C1N=[N+]=[N-]. The Morgan fingerprint density at radius 1 is 0.768 bits per heavy atom. The molecule has 2 rings (SSSR count). The lowest BCUT2D eigenvalue weighted by Crippen LogP contribution is -2.66. The van der Waals surface area contributed by atoms with E-state index in [1.54, 1.807) is 20.8 Å². The molecule has 3 N–H and O–H groups in total. The van der Waals surface area contributed by atoms with Crippen molar-refractivity contribution < 1.29 is 71.8 Å². The number of aliphatic hydroxyl groups is 1. The van der Waals surface area contributed by atoms with Crippen molar-refractivity contribution in [1.29, 1.82) is 0 Å². The van der Waals surface area contributed by atoms with Crippen molar-refractivity contribution in [3.05, 3.63) is 10.4 Å².